The van der Waals surface area contributed by atoms with Crippen LogP contribution in [0.3, 0.4) is 0 Å². The molecule has 1 aromatic carbocycles. The van der Waals surface area contributed by atoms with Crippen LogP contribution in [0.5, 0.6) is 0 Å². The molecule has 0 aliphatic carbocycles. The van der Waals surface area contributed by atoms with Gasteiger partial charge >= 0.3 is 0 Å². The zero-order valence-corrected chi connectivity index (χ0v) is 15.2. The van der Waals surface area contributed by atoms with Crippen LogP contribution in [0.4, 0.5) is 4.39 Å². The fourth-order valence-electron chi connectivity index (χ4n) is 2.11. The van der Waals surface area contributed by atoms with E-state index in [2.05, 4.69) is 31.4 Å². The number of nitrogens with one attached hydrogen (secondary N) is 1. The van der Waals surface area contributed by atoms with E-state index in [0.29, 0.717) is 34.3 Å². The highest BCUT2D eigenvalue weighted by atomic mass is 79.9. The first-order valence-corrected chi connectivity index (χ1v) is 9.91. The molecule has 2 rings (SSSR count). The van der Waals surface area contributed by atoms with Gasteiger partial charge in [-0.1, -0.05) is 16.4 Å². The summed E-state index contributed by atoms with van der Waals surface area (Å²) in [7, 11) is -2.57. The number of benzene rings is 1. The molecule has 0 amide bonds. The van der Waals surface area contributed by atoms with Crippen LogP contribution >= 0.6 is 15.9 Å². The summed E-state index contributed by atoms with van der Waals surface area (Å²) in [5.41, 5.74) is 1.71. The Morgan fingerprint density at radius 1 is 1.50 bits per heavy atom. The van der Waals surface area contributed by atoms with Crippen LogP contribution in [0, 0.1) is 10.6 Å². The van der Waals surface area contributed by atoms with Crippen molar-refractivity contribution >= 4 is 31.4 Å². The Bertz CT molecular complexity index is 851. The fourth-order valence-corrected chi connectivity index (χ4v) is 3.24. The van der Waals surface area contributed by atoms with Crippen molar-refractivity contribution in [2.24, 2.45) is 5.16 Å². The topological polar surface area (TPSA) is 112 Å². The Labute approximate surface area is 147 Å². The van der Waals surface area contributed by atoms with Gasteiger partial charge in [-0.3, -0.25) is 8.99 Å². The molecule has 7 nitrogen and oxygen atoms in total. The highest BCUT2D eigenvalue weighted by Gasteiger charge is 2.18. The maximum Gasteiger partial charge on any atom is 0.156 e. The average molecular weight is 419 g/mol. The fraction of sp³-hybridized carbons (Fsp3) is 0.357. The molecular formula is C14H16BrFN4O3S. The molecule has 1 atom stereocenters. The van der Waals surface area contributed by atoms with Crippen molar-refractivity contribution in [3.8, 4) is 0 Å². The number of aryl methyl sites for hydroxylation is 1. The molecule has 2 N–H and O–H groups in total. The second-order valence-corrected chi connectivity index (χ2v) is 8.62. The zero-order chi connectivity index (χ0) is 17.7. The molecule has 0 bridgehead atoms. The van der Waals surface area contributed by atoms with Gasteiger partial charge in [0.05, 0.1) is 4.47 Å². The van der Waals surface area contributed by atoms with E-state index in [1.54, 1.807) is 12.1 Å². The molecule has 0 saturated heterocycles. The van der Waals surface area contributed by atoms with Gasteiger partial charge in [0, 0.05) is 28.2 Å². The number of halogens is 2. The Balaban J connectivity index is 2.14. The summed E-state index contributed by atoms with van der Waals surface area (Å²) in [6.07, 6.45) is 2.46. The third-order valence-electron chi connectivity index (χ3n) is 3.25. The predicted molar refractivity (Wildman–Crippen MR) is 90.4 cm³/mol. The molecule has 0 radical (unpaired) electrons. The first kappa shape index (κ1) is 18.5. The van der Waals surface area contributed by atoms with Crippen molar-refractivity contribution in [1.82, 2.24) is 10.3 Å². The van der Waals surface area contributed by atoms with Crippen molar-refractivity contribution in [3.63, 3.8) is 0 Å². The number of rotatable bonds is 7. The molecule has 1 unspecified atom stereocenters. The predicted octanol–water partition coefficient (Wildman–Crippen LogP) is 3.00. The van der Waals surface area contributed by atoms with Gasteiger partial charge < -0.3 is 5.21 Å². The summed E-state index contributed by atoms with van der Waals surface area (Å²) in [5.74, 6) is -0.154. The van der Waals surface area contributed by atoms with Crippen molar-refractivity contribution in [1.29, 1.82) is 4.78 Å². The zero-order valence-electron chi connectivity index (χ0n) is 12.8. The Hall–Kier alpha value is -1.81. The molecule has 130 valence electrons. The van der Waals surface area contributed by atoms with Gasteiger partial charge in [-0.15, -0.1) is 0 Å². The van der Waals surface area contributed by atoms with E-state index in [-0.39, 0.29) is 23.7 Å². The average Bonchev–Trinajstić information content (AvgIpc) is 2.95. The Morgan fingerprint density at radius 3 is 2.88 bits per heavy atom. The molecule has 1 heterocycles. The van der Waals surface area contributed by atoms with Crippen molar-refractivity contribution < 1.29 is 18.4 Å². The largest absolute Gasteiger partial charge is 0.411 e. The van der Waals surface area contributed by atoms with Crippen LogP contribution in [-0.4, -0.2) is 37.4 Å². The lowest BCUT2D eigenvalue weighted by Gasteiger charge is -2.05. The molecule has 0 saturated carbocycles. The lowest BCUT2D eigenvalue weighted by molar-refractivity contribution is 0.300. The standard InChI is InChI=1S/C14H16BrFN4O3S/c1-24(17,22)6-2-3-12-14(20-23-19-12)13(18-21)8-9-4-5-11(16)10(15)7-9/h4-5,7,17,21H,2-3,6,8H2,1H3/b18-13+. The number of hydrogen-bond acceptors (Lipinski definition) is 7. The van der Waals surface area contributed by atoms with Gasteiger partial charge in [0.15, 0.2) is 5.69 Å². The van der Waals surface area contributed by atoms with Gasteiger partial charge in [-0.25, -0.2) is 9.02 Å². The van der Waals surface area contributed by atoms with E-state index in [1.807, 2.05) is 0 Å². The third kappa shape index (κ3) is 5.10. The van der Waals surface area contributed by atoms with E-state index < -0.39 is 9.73 Å². The lowest BCUT2D eigenvalue weighted by Crippen LogP contribution is -2.10. The molecule has 0 fully saturated rings. The summed E-state index contributed by atoms with van der Waals surface area (Å²) in [6.45, 7) is 0. The van der Waals surface area contributed by atoms with Crippen molar-refractivity contribution in [2.45, 2.75) is 19.3 Å². The van der Waals surface area contributed by atoms with Crippen LogP contribution in [0.15, 0.2) is 32.5 Å². The maximum absolute atomic E-state index is 13.3. The van der Waals surface area contributed by atoms with Gasteiger partial charge in [-0.2, -0.15) is 0 Å². The van der Waals surface area contributed by atoms with Crippen LogP contribution in [-0.2, 0) is 22.6 Å². The molecular weight excluding hydrogens is 403 g/mol. The Morgan fingerprint density at radius 2 is 2.25 bits per heavy atom. The first-order valence-electron chi connectivity index (χ1n) is 6.98. The molecule has 2 aromatic rings. The highest BCUT2D eigenvalue weighted by molar-refractivity contribution is 9.10. The molecule has 1 aromatic heterocycles. The monoisotopic (exact) mass is 418 g/mol. The SMILES string of the molecule is CS(=N)(=O)CCCc1nonc1/C(Cc1ccc(F)c(Br)c1)=N/O. The van der Waals surface area contributed by atoms with Crippen LogP contribution < -0.4 is 0 Å². The second kappa shape index (κ2) is 7.84. The minimum Gasteiger partial charge on any atom is -0.411 e. The lowest BCUT2D eigenvalue weighted by atomic mass is 10.0. The van der Waals surface area contributed by atoms with Gasteiger partial charge in [-0.05, 0) is 51.6 Å². The number of oxime groups is 1. The normalized spacial score (nSPS) is 14.5. The molecule has 0 spiro atoms. The number of hydrogen-bond donors (Lipinski definition) is 2. The van der Waals surface area contributed by atoms with Crippen LogP contribution in [0.1, 0.15) is 23.4 Å². The number of aromatic nitrogens is 2. The summed E-state index contributed by atoms with van der Waals surface area (Å²) in [5, 5.41) is 20.1. The molecule has 0 aliphatic heterocycles. The summed E-state index contributed by atoms with van der Waals surface area (Å²) in [6, 6.07) is 4.47. The van der Waals surface area contributed by atoms with Crippen molar-refractivity contribution in [2.75, 3.05) is 12.0 Å². The molecule has 10 heteroatoms. The van der Waals surface area contributed by atoms with E-state index >= 15 is 0 Å². The number of nitrogens with zero attached hydrogens (tertiary/aromatic N) is 3. The van der Waals surface area contributed by atoms with Crippen molar-refractivity contribution in [3.05, 3.63) is 45.4 Å². The maximum atomic E-state index is 13.3. The summed E-state index contributed by atoms with van der Waals surface area (Å²) in [4.78, 5) is 0. The van der Waals surface area contributed by atoms with E-state index in [0.717, 1.165) is 0 Å². The second-order valence-electron chi connectivity index (χ2n) is 5.34. The van der Waals surface area contributed by atoms with E-state index in [4.69, 9.17) is 9.41 Å². The minimum atomic E-state index is -2.57. The van der Waals surface area contributed by atoms with Gasteiger partial charge in [0.25, 0.3) is 0 Å². The van der Waals surface area contributed by atoms with Gasteiger partial charge in [0.2, 0.25) is 0 Å². The Kier molecular flexibility index (Phi) is 6.05. The molecule has 24 heavy (non-hydrogen) atoms. The van der Waals surface area contributed by atoms with Crippen LogP contribution in [0.2, 0.25) is 0 Å². The minimum absolute atomic E-state index is 0.208. The first-order chi connectivity index (χ1) is 11.3. The summed E-state index contributed by atoms with van der Waals surface area (Å²) >= 11 is 3.10. The molecule has 0 aliphatic rings. The van der Waals surface area contributed by atoms with E-state index in [1.165, 1.54) is 12.3 Å². The third-order valence-corrected chi connectivity index (χ3v) is 4.93. The highest BCUT2D eigenvalue weighted by Crippen LogP contribution is 2.19. The van der Waals surface area contributed by atoms with Crippen LogP contribution in [0.25, 0.3) is 0 Å². The quantitative estimate of drug-likeness (QED) is 0.407. The van der Waals surface area contributed by atoms with Gasteiger partial charge in [0.1, 0.15) is 17.2 Å². The smallest absolute Gasteiger partial charge is 0.156 e. The van der Waals surface area contributed by atoms with E-state index in [9.17, 15) is 13.8 Å². The summed E-state index contributed by atoms with van der Waals surface area (Å²) < 4.78 is 37.1.